The maximum absolute atomic E-state index is 12.1. The van der Waals surface area contributed by atoms with Gasteiger partial charge in [0.2, 0.25) is 0 Å². The Labute approximate surface area is 147 Å². The summed E-state index contributed by atoms with van der Waals surface area (Å²) in [6, 6.07) is 16.4. The lowest BCUT2D eigenvalue weighted by Crippen LogP contribution is -2.23. The molecule has 0 aliphatic heterocycles. The molecule has 0 saturated carbocycles. The van der Waals surface area contributed by atoms with Gasteiger partial charge >= 0.3 is 0 Å². The molecule has 1 unspecified atom stereocenters. The minimum Gasteiger partial charge on any atom is -0.497 e. The summed E-state index contributed by atoms with van der Waals surface area (Å²) in [5.74, 6) is 0.776. The van der Waals surface area contributed by atoms with Crippen molar-refractivity contribution in [2.45, 2.75) is 6.54 Å². The fraction of sp³-hybridized carbons (Fsp3) is 0.111. The Morgan fingerprint density at radius 2 is 1.88 bits per heavy atom. The second-order valence-electron chi connectivity index (χ2n) is 5.29. The number of rotatable bonds is 4. The Morgan fingerprint density at radius 3 is 2.54 bits per heavy atom. The standard InChI is InChI=1S/C18H16ClN2O2P/c1-23-14-6-7-15(17(24)10-14)16-8-9-18(22)21(20-16)11-12-2-4-13(19)5-3-12/h2-10H,11,24H2,1H3. The highest BCUT2D eigenvalue weighted by atomic mass is 35.5. The van der Waals surface area contributed by atoms with Crippen LogP contribution in [0.3, 0.4) is 0 Å². The van der Waals surface area contributed by atoms with Gasteiger partial charge in [-0.3, -0.25) is 4.79 Å². The molecule has 1 atom stereocenters. The first-order chi connectivity index (χ1) is 11.6. The number of hydrogen-bond acceptors (Lipinski definition) is 3. The smallest absolute Gasteiger partial charge is 0.267 e. The number of hydrogen-bond donors (Lipinski definition) is 0. The van der Waals surface area contributed by atoms with Crippen LogP contribution in [0, 0.1) is 0 Å². The fourth-order valence-corrected chi connectivity index (χ4v) is 2.90. The lowest BCUT2D eigenvalue weighted by Gasteiger charge is -2.10. The number of methoxy groups -OCH3 is 1. The quantitative estimate of drug-likeness (QED) is 0.673. The molecule has 2 aromatic carbocycles. The van der Waals surface area contributed by atoms with Crippen molar-refractivity contribution >= 4 is 26.1 Å². The van der Waals surface area contributed by atoms with E-state index >= 15 is 0 Å². The van der Waals surface area contributed by atoms with Crippen LogP contribution in [0.25, 0.3) is 11.3 Å². The summed E-state index contributed by atoms with van der Waals surface area (Å²) in [7, 11) is 4.30. The monoisotopic (exact) mass is 358 g/mol. The number of ether oxygens (including phenoxy) is 1. The van der Waals surface area contributed by atoms with Crippen molar-refractivity contribution < 1.29 is 4.74 Å². The van der Waals surface area contributed by atoms with Crippen LogP contribution in [0.15, 0.2) is 59.4 Å². The molecule has 122 valence electrons. The van der Waals surface area contributed by atoms with E-state index in [1.165, 1.54) is 10.7 Å². The largest absolute Gasteiger partial charge is 0.497 e. The van der Waals surface area contributed by atoms with Crippen LogP contribution in [-0.2, 0) is 6.54 Å². The molecule has 0 fully saturated rings. The summed E-state index contributed by atoms with van der Waals surface area (Å²) in [5, 5.41) is 6.12. The Kier molecular flexibility index (Phi) is 4.98. The van der Waals surface area contributed by atoms with Crippen molar-refractivity contribution in [1.82, 2.24) is 9.78 Å². The average Bonchev–Trinajstić information content (AvgIpc) is 2.59. The molecule has 24 heavy (non-hydrogen) atoms. The van der Waals surface area contributed by atoms with Crippen LogP contribution in [0.4, 0.5) is 0 Å². The van der Waals surface area contributed by atoms with E-state index in [0.29, 0.717) is 11.6 Å². The molecule has 1 aromatic heterocycles. The number of halogens is 1. The average molecular weight is 359 g/mol. The number of benzene rings is 2. The lowest BCUT2D eigenvalue weighted by molar-refractivity contribution is 0.415. The molecule has 0 amide bonds. The van der Waals surface area contributed by atoms with Gasteiger partial charge in [0, 0.05) is 16.7 Å². The molecule has 3 aromatic rings. The van der Waals surface area contributed by atoms with Gasteiger partial charge in [0.15, 0.2) is 0 Å². The normalized spacial score (nSPS) is 10.6. The predicted molar refractivity (Wildman–Crippen MR) is 100 cm³/mol. The van der Waals surface area contributed by atoms with Crippen molar-refractivity contribution in [3.8, 4) is 17.0 Å². The Balaban J connectivity index is 1.97. The van der Waals surface area contributed by atoms with Gasteiger partial charge in [-0.1, -0.05) is 23.7 Å². The zero-order valence-electron chi connectivity index (χ0n) is 13.1. The highest BCUT2D eigenvalue weighted by Crippen LogP contribution is 2.20. The molecule has 0 aliphatic carbocycles. The van der Waals surface area contributed by atoms with E-state index in [1.54, 1.807) is 25.3 Å². The van der Waals surface area contributed by atoms with E-state index in [2.05, 4.69) is 14.3 Å². The lowest BCUT2D eigenvalue weighted by atomic mass is 10.1. The summed E-state index contributed by atoms with van der Waals surface area (Å²) in [5.41, 5.74) is 2.49. The van der Waals surface area contributed by atoms with Crippen molar-refractivity contribution in [2.24, 2.45) is 0 Å². The molecule has 4 nitrogen and oxygen atoms in total. The molecule has 0 radical (unpaired) electrons. The summed E-state index contributed by atoms with van der Waals surface area (Å²) in [6.07, 6.45) is 0. The SMILES string of the molecule is COc1ccc(-c2ccc(=O)n(Cc3ccc(Cl)cc3)n2)c(P)c1. The maximum Gasteiger partial charge on any atom is 0.267 e. The van der Waals surface area contributed by atoms with Crippen LogP contribution in [0.5, 0.6) is 5.75 Å². The predicted octanol–water partition coefficient (Wildman–Crippen LogP) is 3.12. The second-order valence-corrected chi connectivity index (χ2v) is 6.35. The molecule has 6 heteroatoms. The molecule has 0 N–H and O–H groups in total. The van der Waals surface area contributed by atoms with Crippen LogP contribution in [-0.4, -0.2) is 16.9 Å². The van der Waals surface area contributed by atoms with E-state index in [0.717, 1.165) is 27.9 Å². The maximum atomic E-state index is 12.1. The van der Waals surface area contributed by atoms with Gasteiger partial charge in [0.25, 0.3) is 5.56 Å². The molecule has 3 rings (SSSR count). The van der Waals surface area contributed by atoms with Crippen molar-refractivity contribution in [2.75, 3.05) is 7.11 Å². The second kappa shape index (κ2) is 7.16. The van der Waals surface area contributed by atoms with Crippen LogP contribution in [0.1, 0.15) is 5.56 Å². The van der Waals surface area contributed by atoms with Gasteiger partial charge in [-0.2, -0.15) is 5.10 Å². The Morgan fingerprint density at radius 1 is 1.12 bits per heavy atom. The Hall–Kier alpha value is -2.16. The molecule has 1 heterocycles. The van der Waals surface area contributed by atoms with E-state index in [9.17, 15) is 4.79 Å². The van der Waals surface area contributed by atoms with Gasteiger partial charge in [-0.05, 0) is 47.3 Å². The van der Waals surface area contributed by atoms with Gasteiger partial charge in [0.1, 0.15) is 5.75 Å². The summed E-state index contributed by atoms with van der Waals surface area (Å²) in [4.78, 5) is 12.1. The van der Waals surface area contributed by atoms with E-state index in [4.69, 9.17) is 16.3 Å². The van der Waals surface area contributed by atoms with Crippen LogP contribution >= 0.6 is 20.8 Å². The molecule has 0 saturated heterocycles. The fourth-order valence-electron chi connectivity index (χ4n) is 2.37. The summed E-state index contributed by atoms with van der Waals surface area (Å²) in [6.45, 7) is 0.395. The zero-order chi connectivity index (χ0) is 17.1. The summed E-state index contributed by atoms with van der Waals surface area (Å²) < 4.78 is 6.67. The van der Waals surface area contributed by atoms with Crippen LogP contribution in [0.2, 0.25) is 5.02 Å². The van der Waals surface area contributed by atoms with Crippen molar-refractivity contribution in [3.05, 3.63) is 75.5 Å². The molecule has 0 spiro atoms. The topological polar surface area (TPSA) is 44.1 Å². The first-order valence-corrected chi connectivity index (χ1v) is 8.29. The van der Waals surface area contributed by atoms with Gasteiger partial charge < -0.3 is 4.74 Å². The van der Waals surface area contributed by atoms with Crippen molar-refractivity contribution in [3.63, 3.8) is 0 Å². The van der Waals surface area contributed by atoms with Crippen molar-refractivity contribution in [1.29, 1.82) is 0 Å². The molecule has 0 aliphatic rings. The first kappa shape index (κ1) is 16.7. The molecular formula is C18H16ClN2O2P. The minimum absolute atomic E-state index is 0.146. The van der Waals surface area contributed by atoms with Gasteiger partial charge in [-0.25, -0.2) is 4.68 Å². The number of aromatic nitrogens is 2. The third-order valence-corrected chi connectivity index (χ3v) is 4.38. The highest BCUT2D eigenvalue weighted by Gasteiger charge is 2.08. The van der Waals surface area contributed by atoms with E-state index < -0.39 is 0 Å². The van der Waals surface area contributed by atoms with Gasteiger partial charge in [-0.15, -0.1) is 9.24 Å². The zero-order valence-corrected chi connectivity index (χ0v) is 15.0. The van der Waals surface area contributed by atoms with E-state index in [1.807, 2.05) is 30.3 Å². The van der Waals surface area contributed by atoms with Crippen LogP contribution < -0.4 is 15.6 Å². The first-order valence-electron chi connectivity index (χ1n) is 7.33. The van der Waals surface area contributed by atoms with E-state index in [-0.39, 0.29) is 5.56 Å². The molecular weight excluding hydrogens is 343 g/mol. The molecule has 0 bridgehead atoms. The highest BCUT2D eigenvalue weighted by molar-refractivity contribution is 7.28. The minimum atomic E-state index is -0.146. The third-order valence-electron chi connectivity index (χ3n) is 3.65. The van der Waals surface area contributed by atoms with Gasteiger partial charge in [0.05, 0.1) is 19.3 Å². The third kappa shape index (κ3) is 3.66. The number of nitrogens with zero attached hydrogens (tertiary/aromatic N) is 2. The Bertz CT molecular complexity index is 923. The summed E-state index contributed by atoms with van der Waals surface area (Å²) >= 11 is 5.90.